The molecule has 0 radical (unpaired) electrons. The standard InChI is InChI=1S/C13H22N.FH/c1-2-3-4-5-6-8-11-14-12-9-7-10-13-14;/h7,9-10,12-13H,2-6,8,11H2,1H3;1H/q+1;/p-1. The van der Waals surface area contributed by atoms with Crippen molar-refractivity contribution in [1.82, 2.24) is 0 Å². The summed E-state index contributed by atoms with van der Waals surface area (Å²) in [6, 6.07) is 6.26. The van der Waals surface area contributed by atoms with E-state index in [1.165, 1.54) is 45.1 Å². The van der Waals surface area contributed by atoms with Gasteiger partial charge in [0.05, 0.1) is 0 Å². The van der Waals surface area contributed by atoms with Gasteiger partial charge in [-0.15, -0.1) is 0 Å². The van der Waals surface area contributed by atoms with Gasteiger partial charge in [-0.25, -0.2) is 4.57 Å². The Morgan fingerprint density at radius 2 is 1.40 bits per heavy atom. The largest absolute Gasteiger partial charge is 1.00 e. The van der Waals surface area contributed by atoms with Crippen molar-refractivity contribution in [2.24, 2.45) is 0 Å². The second-order valence-corrected chi connectivity index (χ2v) is 3.88. The van der Waals surface area contributed by atoms with Gasteiger partial charge in [-0.1, -0.05) is 38.7 Å². The molecule has 1 nitrogen and oxygen atoms in total. The number of aryl methyl sites for hydroxylation is 1. The third-order valence-corrected chi connectivity index (χ3v) is 2.55. The van der Waals surface area contributed by atoms with E-state index < -0.39 is 0 Å². The Kier molecular flexibility index (Phi) is 9.04. The van der Waals surface area contributed by atoms with Crippen LogP contribution in [0.5, 0.6) is 0 Å². The molecular weight excluding hydrogens is 189 g/mol. The van der Waals surface area contributed by atoms with Gasteiger partial charge in [0.15, 0.2) is 12.4 Å². The molecule has 1 aromatic heterocycles. The molecule has 0 unspecified atom stereocenters. The lowest BCUT2D eigenvalue weighted by atomic mass is 10.1. The second-order valence-electron chi connectivity index (χ2n) is 3.88. The van der Waals surface area contributed by atoms with Crippen molar-refractivity contribution in [3.05, 3.63) is 30.6 Å². The minimum atomic E-state index is 0. The third-order valence-electron chi connectivity index (χ3n) is 2.55. The minimum absolute atomic E-state index is 0. The maximum atomic E-state index is 2.26. The van der Waals surface area contributed by atoms with Gasteiger partial charge in [-0.2, -0.15) is 0 Å². The average molecular weight is 211 g/mol. The lowest BCUT2D eigenvalue weighted by Gasteiger charge is -1.98. The van der Waals surface area contributed by atoms with E-state index in [2.05, 4.69) is 42.1 Å². The Balaban J connectivity index is 0.00000196. The second kappa shape index (κ2) is 9.63. The molecule has 1 rings (SSSR count). The highest BCUT2D eigenvalue weighted by Crippen LogP contribution is 2.04. The number of aromatic nitrogens is 1. The Bertz CT molecular complexity index is 223. The van der Waals surface area contributed by atoms with Crippen LogP contribution in [0.4, 0.5) is 0 Å². The summed E-state index contributed by atoms with van der Waals surface area (Å²) in [6.07, 6.45) is 12.5. The molecule has 0 aliphatic carbocycles. The normalized spacial score (nSPS) is 9.67. The van der Waals surface area contributed by atoms with E-state index in [1.807, 2.05) is 0 Å². The number of rotatable bonds is 7. The summed E-state index contributed by atoms with van der Waals surface area (Å²) in [6.45, 7) is 3.44. The highest BCUT2D eigenvalue weighted by molar-refractivity contribution is 4.83. The summed E-state index contributed by atoms with van der Waals surface area (Å²) in [5, 5.41) is 0. The summed E-state index contributed by atoms with van der Waals surface area (Å²) in [5.74, 6) is 0. The molecule has 0 atom stereocenters. The summed E-state index contributed by atoms with van der Waals surface area (Å²) in [5.41, 5.74) is 0. The SMILES string of the molecule is CCCCCCCC[n+]1ccccc1.[F-]. The number of hydrogen-bond acceptors (Lipinski definition) is 0. The average Bonchev–Trinajstić information content (AvgIpc) is 2.25. The molecule has 2 heteroatoms. The molecule has 0 amide bonds. The van der Waals surface area contributed by atoms with Crippen molar-refractivity contribution in [3.63, 3.8) is 0 Å². The first-order valence-corrected chi connectivity index (χ1v) is 5.87. The molecule has 15 heavy (non-hydrogen) atoms. The lowest BCUT2D eigenvalue weighted by Crippen LogP contribution is -3.00. The van der Waals surface area contributed by atoms with Crippen LogP contribution < -0.4 is 9.27 Å². The van der Waals surface area contributed by atoms with Crippen molar-refractivity contribution < 1.29 is 9.27 Å². The van der Waals surface area contributed by atoms with Gasteiger partial charge in [0.25, 0.3) is 0 Å². The third kappa shape index (κ3) is 7.06. The zero-order valence-electron chi connectivity index (χ0n) is 9.66. The van der Waals surface area contributed by atoms with Crippen molar-refractivity contribution >= 4 is 0 Å². The van der Waals surface area contributed by atoms with Crippen molar-refractivity contribution in [2.75, 3.05) is 0 Å². The first kappa shape index (κ1) is 14.1. The maximum absolute atomic E-state index is 2.26. The van der Waals surface area contributed by atoms with Crippen LogP contribution in [0.1, 0.15) is 45.4 Å². The molecule has 0 fully saturated rings. The fraction of sp³-hybridized carbons (Fsp3) is 0.615. The Hall–Kier alpha value is -0.920. The molecule has 0 aliphatic heterocycles. The number of pyridine rings is 1. The number of halogens is 1. The van der Waals surface area contributed by atoms with Crippen LogP contribution in [0.15, 0.2) is 30.6 Å². The zero-order valence-corrected chi connectivity index (χ0v) is 9.66. The summed E-state index contributed by atoms with van der Waals surface area (Å²) >= 11 is 0. The van der Waals surface area contributed by atoms with Gasteiger partial charge < -0.3 is 4.70 Å². The molecule has 0 aromatic carbocycles. The van der Waals surface area contributed by atoms with Crippen LogP contribution in [0, 0.1) is 0 Å². The minimum Gasteiger partial charge on any atom is -1.00 e. The zero-order chi connectivity index (χ0) is 10.1. The molecule has 0 spiro atoms. The maximum Gasteiger partial charge on any atom is 0.168 e. The van der Waals surface area contributed by atoms with Crippen molar-refractivity contribution in [2.45, 2.75) is 52.0 Å². The van der Waals surface area contributed by atoms with Gasteiger partial charge in [0.2, 0.25) is 0 Å². The van der Waals surface area contributed by atoms with E-state index in [0.29, 0.717) is 0 Å². The number of unbranched alkanes of at least 4 members (excludes halogenated alkanes) is 5. The lowest BCUT2D eigenvalue weighted by molar-refractivity contribution is -0.697. The van der Waals surface area contributed by atoms with Crippen LogP contribution >= 0.6 is 0 Å². The smallest absolute Gasteiger partial charge is 0.168 e. The predicted molar refractivity (Wildman–Crippen MR) is 60.0 cm³/mol. The molecule has 86 valence electrons. The van der Waals surface area contributed by atoms with Gasteiger partial charge in [0.1, 0.15) is 6.54 Å². The van der Waals surface area contributed by atoms with Crippen LogP contribution in [0.2, 0.25) is 0 Å². The van der Waals surface area contributed by atoms with Gasteiger partial charge in [0, 0.05) is 18.6 Å². The highest BCUT2D eigenvalue weighted by Gasteiger charge is 1.96. The molecule has 0 N–H and O–H groups in total. The molecule has 1 heterocycles. The quantitative estimate of drug-likeness (QED) is 0.452. The van der Waals surface area contributed by atoms with E-state index in [0.717, 1.165) is 0 Å². The van der Waals surface area contributed by atoms with Crippen molar-refractivity contribution in [3.8, 4) is 0 Å². The number of nitrogens with zero attached hydrogens (tertiary/aromatic N) is 1. The van der Waals surface area contributed by atoms with Crippen LogP contribution in [0.25, 0.3) is 0 Å². The summed E-state index contributed by atoms with van der Waals surface area (Å²) in [4.78, 5) is 0. The van der Waals surface area contributed by atoms with Crippen molar-refractivity contribution in [1.29, 1.82) is 0 Å². The van der Waals surface area contributed by atoms with E-state index in [4.69, 9.17) is 0 Å². The Morgan fingerprint density at radius 3 is 2.07 bits per heavy atom. The molecule has 0 bridgehead atoms. The molecule has 1 aromatic rings. The van der Waals surface area contributed by atoms with E-state index in [1.54, 1.807) is 0 Å². The van der Waals surface area contributed by atoms with Gasteiger partial charge in [-0.3, -0.25) is 0 Å². The molecule has 0 saturated carbocycles. The highest BCUT2D eigenvalue weighted by atomic mass is 19.0. The first-order valence-electron chi connectivity index (χ1n) is 5.87. The van der Waals surface area contributed by atoms with Crippen LogP contribution in [-0.4, -0.2) is 0 Å². The molecular formula is C13H22FN. The van der Waals surface area contributed by atoms with Crippen LogP contribution in [-0.2, 0) is 6.54 Å². The van der Waals surface area contributed by atoms with Gasteiger partial charge in [-0.05, 0) is 6.42 Å². The monoisotopic (exact) mass is 211 g/mol. The molecule has 0 aliphatic rings. The van der Waals surface area contributed by atoms with Gasteiger partial charge >= 0.3 is 0 Å². The Labute approximate surface area is 92.5 Å². The van der Waals surface area contributed by atoms with E-state index in [9.17, 15) is 0 Å². The molecule has 0 saturated heterocycles. The first-order chi connectivity index (χ1) is 6.93. The van der Waals surface area contributed by atoms with E-state index >= 15 is 0 Å². The fourth-order valence-electron chi connectivity index (χ4n) is 1.66. The summed E-state index contributed by atoms with van der Waals surface area (Å²) in [7, 11) is 0. The fourth-order valence-corrected chi connectivity index (χ4v) is 1.66. The summed E-state index contributed by atoms with van der Waals surface area (Å²) < 4.78 is 2.26. The predicted octanol–water partition coefficient (Wildman–Crippen LogP) is 0.339. The number of hydrogen-bond donors (Lipinski definition) is 0. The Morgan fingerprint density at radius 1 is 0.800 bits per heavy atom. The topological polar surface area (TPSA) is 3.88 Å². The van der Waals surface area contributed by atoms with E-state index in [-0.39, 0.29) is 4.70 Å². The van der Waals surface area contributed by atoms with Crippen LogP contribution in [0.3, 0.4) is 0 Å².